The normalized spacial score (nSPS) is 18.3. The molecule has 1 aromatic heterocycles. The van der Waals surface area contributed by atoms with Gasteiger partial charge in [0.15, 0.2) is 0 Å². The molecule has 0 atom stereocenters. The van der Waals surface area contributed by atoms with Crippen LogP contribution >= 0.6 is 12.2 Å². The van der Waals surface area contributed by atoms with Gasteiger partial charge >= 0.3 is 0 Å². The highest BCUT2D eigenvalue weighted by atomic mass is 32.1. The average molecular weight is 278 g/mol. The molecule has 1 aliphatic rings. The molecule has 0 amide bonds. The molecule has 0 radical (unpaired) electrons. The van der Waals surface area contributed by atoms with Gasteiger partial charge in [-0.05, 0) is 31.2 Å². The summed E-state index contributed by atoms with van der Waals surface area (Å²) >= 11 is 5.34. The zero-order valence-corrected chi connectivity index (χ0v) is 13.1. The van der Waals surface area contributed by atoms with Crippen LogP contribution in [0.25, 0.3) is 0 Å². The summed E-state index contributed by atoms with van der Waals surface area (Å²) in [7, 11) is 0. The van der Waals surface area contributed by atoms with Gasteiger partial charge in [-0.15, -0.1) is 0 Å². The first-order chi connectivity index (χ1) is 9.15. The largest absolute Gasteiger partial charge is 0.347 e. The van der Waals surface area contributed by atoms with Gasteiger partial charge in [0.2, 0.25) is 0 Å². The van der Waals surface area contributed by atoms with Gasteiger partial charge in [-0.1, -0.05) is 58.2 Å². The minimum Gasteiger partial charge on any atom is -0.347 e. The smallest absolute Gasteiger partial charge is 0.129 e. The van der Waals surface area contributed by atoms with Crippen molar-refractivity contribution in [1.29, 1.82) is 0 Å². The Labute approximate surface area is 122 Å². The second kappa shape index (κ2) is 7.18. The van der Waals surface area contributed by atoms with Gasteiger partial charge < -0.3 is 4.98 Å². The lowest BCUT2D eigenvalue weighted by Crippen LogP contribution is -2.10. The summed E-state index contributed by atoms with van der Waals surface area (Å²) in [5, 5.41) is 0. The first-order valence-corrected chi connectivity index (χ1v) is 8.16. The number of aromatic amines is 1. The van der Waals surface area contributed by atoms with Crippen molar-refractivity contribution in [2.45, 2.75) is 71.1 Å². The van der Waals surface area contributed by atoms with Crippen molar-refractivity contribution in [3.05, 3.63) is 22.2 Å². The molecule has 106 valence electrons. The van der Waals surface area contributed by atoms with Crippen LogP contribution < -0.4 is 0 Å². The van der Waals surface area contributed by atoms with Gasteiger partial charge in [0.05, 0.1) is 0 Å². The molecular weight excluding hydrogens is 252 g/mol. The molecule has 1 heterocycles. The van der Waals surface area contributed by atoms with Crippen molar-refractivity contribution in [2.24, 2.45) is 5.92 Å². The fourth-order valence-corrected chi connectivity index (χ4v) is 3.24. The molecule has 1 aliphatic carbocycles. The van der Waals surface area contributed by atoms with E-state index in [1.807, 2.05) is 6.07 Å². The van der Waals surface area contributed by atoms with Crippen molar-refractivity contribution < 1.29 is 0 Å². The molecule has 2 rings (SSSR count). The van der Waals surface area contributed by atoms with Gasteiger partial charge in [-0.3, -0.25) is 0 Å². The average Bonchev–Trinajstić information content (AvgIpc) is 2.26. The molecule has 0 aliphatic heterocycles. The Balaban J connectivity index is 2.17. The van der Waals surface area contributed by atoms with Crippen LogP contribution in [0.5, 0.6) is 0 Å². The third-order valence-corrected chi connectivity index (χ3v) is 4.15. The predicted octanol–water partition coefficient (Wildman–Crippen LogP) is 5.17. The number of aromatic nitrogens is 2. The molecule has 0 bridgehead atoms. The van der Waals surface area contributed by atoms with Crippen LogP contribution in [-0.2, 0) is 6.42 Å². The first kappa shape index (κ1) is 14.7. The monoisotopic (exact) mass is 278 g/mol. The van der Waals surface area contributed by atoms with E-state index in [9.17, 15) is 0 Å². The highest BCUT2D eigenvalue weighted by molar-refractivity contribution is 7.71. The molecular formula is C16H26N2S. The fourth-order valence-electron chi connectivity index (χ4n) is 3.00. The molecule has 3 heteroatoms. The topological polar surface area (TPSA) is 28.7 Å². The Morgan fingerprint density at radius 2 is 1.84 bits per heavy atom. The van der Waals surface area contributed by atoms with Crippen LogP contribution in [0, 0.1) is 10.6 Å². The Hall–Kier alpha value is -0.700. The van der Waals surface area contributed by atoms with Crippen molar-refractivity contribution >= 4 is 12.2 Å². The lowest BCUT2D eigenvalue weighted by atomic mass is 9.90. The van der Waals surface area contributed by atoms with Gasteiger partial charge in [0.1, 0.15) is 10.5 Å². The summed E-state index contributed by atoms with van der Waals surface area (Å²) in [5.74, 6) is 2.39. The van der Waals surface area contributed by atoms with Crippen LogP contribution in [0.15, 0.2) is 6.07 Å². The van der Waals surface area contributed by atoms with Crippen LogP contribution in [0.4, 0.5) is 0 Å². The van der Waals surface area contributed by atoms with Gasteiger partial charge in [0, 0.05) is 11.6 Å². The maximum absolute atomic E-state index is 5.34. The van der Waals surface area contributed by atoms with E-state index >= 15 is 0 Å². The number of hydrogen-bond acceptors (Lipinski definition) is 2. The first-order valence-electron chi connectivity index (χ1n) is 7.75. The Kier molecular flexibility index (Phi) is 5.56. The summed E-state index contributed by atoms with van der Waals surface area (Å²) in [4.78, 5) is 8.15. The SMILES string of the molecule is CC(C)Cc1cc(=S)nc(C2CCCCCCC2)[nH]1. The van der Waals surface area contributed by atoms with Gasteiger partial charge in [-0.25, -0.2) is 4.98 Å². The van der Waals surface area contributed by atoms with Crippen molar-refractivity contribution in [3.63, 3.8) is 0 Å². The molecule has 0 saturated heterocycles. The number of nitrogens with zero attached hydrogens (tertiary/aromatic N) is 1. The summed E-state index contributed by atoms with van der Waals surface area (Å²) in [6.45, 7) is 4.49. The number of hydrogen-bond donors (Lipinski definition) is 1. The maximum Gasteiger partial charge on any atom is 0.129 e. The molecule has 1 aromatic rings. The zero-order chi connectivity index (χ0) is 13.7. The van der Waals surface area contributed by atoms with Crippen molar-refractivity contribution in [2.75, 3.05) is 0 Å². The second-order valence-corrected chi connectivity index (χ2v) is 6.69. The highest BCUT2D eigenvalue weighted by Gasteiger charge is 2.16. The number of H-pyrrole nitrogens is 1. The maximum atomic E-state index is 5.34. The second-order valence-electron chi connectivity index (χ2n) is 6.27. The predicted molar refractivity (Wildman–Crippen MR) is 83.0 cm³/mol. The number of nitrogens with one attached hydrogen (secondary N) is 1. The van der Waals surface area contributed by atoms with Gasteiger partial charge in [0.25, 0.3) is 0 Å². The standard InChI is InChI=1S/C16H26N2S/c1-12(2)10-14-11-15(19)18-16(17-14)13-8-6-4-3-5-7-9-13/h11-13H,3-10H2,1-2H3,(H,17,18,19). The minimum absolute atomic E-state index is 0.592. The molecule has 0 aromatic carbocycles. The third kappa shape index (κ3) is 4.72. The van der Waals surface area contributed by atoms with E-state index in [1.165, 1.54) is 50.6 Å². The summed E-state index contributed by atoms with van der Waals surface area (Å²) < 4.78 is 0.756. The van der Waals surface area contributed by atoms with Crippen LogP contribution in [0.1, 0.15) is 76.2 Å². The summed E-state index contributed by atoms with van der Waals surface area (Å²) in [6.07, 6.45) is 10.4. The molecule has 1 fully saturated rings. The van der Waals surface area contributed by atoms with Crippen molar-refractivity contribution in [1.82, 2.24) is 9.97 Å². The minimum atomic E-state index is 0.592. The van der Waals surface area contributed by atoms with E-state index in [1.54, 1.807) is 0 Å². The van der Waals surface area contributed by atoms with Crippen LogP contribution in [0.3, 0.4) is 0 Å². The van der Waals surface area contributed by atoms with E-state index in [4.69, 9.17) is 12.2 Å². The lowest BCUT2D eigenvalue weighted by molar-refractivity contribution is 0.440. The van der Waals surface area contributed by atoms with Crippen LogP contribution in [0.2, 0.25) is 0 Å². The molecule has 1 saturated carbocycles. The highest BCUT2D eigenvalue weighted by Crippen LogP contribution is 2.29. The Bertz CT molecular complexity index is 442. The summed E-state index contributed by atoms with van der Waals surface area (Å²) in [6, 6.07) is 2.03. The van der Waals surface area contributed by atoms with Crippen molar-refractivity contribution in [3.8, 4) is 0 Å². The quantitative estimate of drug-likeness (QED) is 0.773. The van der Waals surface area contributed by atoms with E-state index < -0.39 is 0 Å². The van der Waals surface area contributed by atoms with Crippen LogP contribution in [-0.4, -0.2) is 9.97 Å². The molecule has 1 N–H and O–H groups in total. The molecule has 19 heavy (non-hydrogen) atoms. The Morgan fingerprint density at radius 1 is 1.21 bits per heavy atom. The fraction of sp³-hybridized carbons (Fsp3) is 0.750. The molecule has 0 spiro atoms. The lowest BCUT2D eigenvalue weighted by Gasteiger charge is -2.20. The Morgan fingerprint density at radius 3 is 2.47 bits per heavy atom. The molecule has 0 unspecified atom stereocenters. The van der Waals surface area contributed by atoms with E-state index in [0.29, 0.717) is 11.8 Å². The van der Waals surface area contributed by atoms with E-state index in [2.05, 4.69) is 23.8 Å². The molecule has 2 nitrogen and oxygen atoms in total. The summed E-state index contributed by atoms with van der Waals surface area (Å²) in [5.41, 5.74) is 1.26. The van der Waals surface area contributed by atoms with Gasteiger partial charge in [-0.2, -0.15) is 0 Å². The third-order valence-electron chi connectivity index (χ3n) is 3.94. The number of rotatable bonds is 3. The zero-order valence-electron chi connectivity index (χ0n) is 12.2. The van der Waals surface area contributed by atoms with E-state index in [-0.39, 0.29) is 0 Å². The van der Waals surface area contributed by atoms with E-state index in [0.717, 1.165) is 16.9 Å².